The summed E-state index contributed by atoms with van der Waals surface area (Å²) in [6.45, 7) is 4.44. The van der Waals surface area contributed by atoms with Crippen molar-refractivity contribution in [3.05, 3.63) is 23.8 Å². The van der Waals surface area contributed by atoms with Gasteiger partial charge < -0.3 is 19.5 Å². The van der Waals surface area contributed by atoms with Crippen LogP contribution in [-0.4, -0.2) is 38.9 Å². The molecule has 0 fully saturated rings. The molecule has 0 bridgehead atoms. The molecule has 114 valence electrons. The molecule has 1 N–H and O–H groups in total. The number of amides is 1. The van der Waals surface area contributed by atoms with Crippen molar-refractivity contribution in [1.82, 2.24) is 5.32 Å². The van der Waals surface area contributed by atoms with Gasteiger partial charge in [0.25, 0.3) is 5.91 Å². The van der Waals surface area contributed by atoms with Gasteiger partial charge in [0, 0.05) is 19.2 Å². The van der Waals surface area contributed by atoms with Crippen LogP contribution in [0.4, 0.5) is 0 Å². The number of ether oxygens (including phenoxy) is 3. The standard InChI is InChI=1S/C15H20N2O4/c1-4-20-14-7-12(8-16)5-6-13(14)21-10-15(18)17-11(2)9-19-3/h5-7,11H,4,9-10H2,1-3H3,(H,17,18). The molecule has 1 unspecified atom stereocenters. The van der Waals surface area contributed by atoms with Crippen LogP contribution in [0.15, 0.2) is 18.2 Å². The minimum atomic E-state index is -0.244. The summed E-state index contributed by atoms with van der Waals surface area (Å²) in [6.07, 6.45) is 0. The molecule has 0 aliphatic heterocycles. The van der Waals surface area contributed by atoms with Crippen molar-refractivity contribution in [2.75, 3.05) is 26.9 Å². The van der Waals surface area contributed by atoms with Gasteiger partial charge in [0.15, 0.2) is 18.1 Å². The predicted octanol–water partition coefficient (Wildman–Crippen LogP) is 1.49. The highest BCUT2D eigenvalue weighted by atomic mass is 16.5. The van der Waals surface area contributed by atoms with E-state index in [0.29, 0.717) is 30.3 Å². The van der Waals surface area contributed by atoms with E-state index in [9.17, 15) is 4.79 Å². The van der Waals surface area contributed by atoms with Gasteiger partial charge in [-0.15, -0.1) is 0 Å². The SMILES string of the molecule is CCOc1cc(C#N)ccc1OCC(=O)NC(C)COC. The van der Waals surface area contributed by atoms with Gasteiger partial charge >= 0.3 is 0 Å². The largest absolute Gasteiger partial charge is 0.490 e. The second-order valence-corrected chi connectivity index (χ2v) is 4.42. The Kier molecular flexibility index (Phi) is 7.05. The molecule has 0 saturated heterocycles. The van der Waals surface area contributed by atoms with E-state index in [4.69, 9.17) is 19.5 Å². The molecule has 21 heavy (non-hydrogen) atoms. The molecule has 0 aromatic heterocycles. The Balaban J connectivity index is 2.62. The van der Waals surface area contributed by atoms with E-state index in [0.717, 1.165) is 0 Å². The monoisotopic (exact) mass is 292 g/mol. The Bertz CT molecular complexity index is 511. The second-order valence-electron chi connectivity index (χ2n) is 4.42. The van der Waals surface area contributed by atoms with Crippen molar-refractivity contribution in [3.8, 4) is 17.6 Å². The summed E-state index contributed by atoms with van der Waals surface area (Å²) in [5, 5.41) is 11.6. The van der Waals surface area contributed by atoms with E-state index in [2.05, 4.69) is 5.32 Å². The van der Waals surface area contributed by atoms with Gasteiger partial charge in [0.1, 0.15) is 0 Å². The van der Waals surface area contributed by atoms with Crippen molar-refractivity contribution in [1.29, 1.82) is 5.26 Å². The second kappa shape index (κ2) is 8.82. The lowest BCUT2D eigenvalue weighted by atomic mass is 10.2. The Labute approximate surface area is 124 Å². The Morgan fingerprint density at radius 2 is 2.14 bits per heavy atom. The Morgan fingerprint density at radius 3 is 2.76 bits per heavy atom. The molecule has 6 heteroatoms. The highest BCUT2D eigenvalue weighted by Crippen LogP contribution is 2.28. The highest BCUT2D eigenvalue weighted by Gasteiger charge is 2.11. The maximum Gasteiger partial charge on any atom is 0.258 e. The van der Waals surface area contributed by atoms with Crippen molar-refractivity contribution >= 4 is 5.91 Å². The summed E-state index contributed by atoms with van der Waals surface area (Å²) in [5.74, 6) is 0.644. The molecule has 6 nitrogen and oxygen atoms in total. The number of benzene rings is 1. The normalized spacial score (nSPS) is 11.3. The lowest BCUT2D eigenvalue weighted by molar-refractivity contribution is -0.124. The first-order valence-corrected chi connectivity index (χ1v) is 6.68. The predicted molar refractivity (Wildman–Crippen MR) is 77.3 cm³/mol. The average Bonchev–Trinajstić information content (AvgIpc) is 2.46. The van der Waals surface area contributed by atoms with Crippen LogP contribution in [0.5, 0.6) is 11.5 Å². The number of nitriles is 1. The summed E-state index contributed by atoms with van der Waals surface area (Å²) in [7, 11) is 1.57. The van der Waals surface area contributed by atoms with Gasteiger partial charge in [0.2, 0.25) is 0 Å². The quantitative estimate of drug-likeness (QED) is 0.785. The number of hydrogen-bond acceptors (Lipinski definition) is 5. The Hall–Kier alpha value is -2.26. The lowest BCUT2D eigenvalue weighted by Gasteiger charge is -2.14. The third-order valence-electron chi connectivity index (χ3n) is 2.56. The first-order valence-electron chi connectivity index (χ1n) is 6.68. The average molecular weight is 292 g/mol. The zero-order chi connectivity index (χ0) is 15.7. The van der Waals surface area contributed by atoms with Crippen LogP contribution in [0.3, 0.4) is 0 Å². The number of nitrogens with zero attached hydrogens (tertiary/aromatic N) is 1. The summed E-state index contributed by atoms with van der Waals surface area (Å²) < 4.78 is 15.8. The smallest absolute Gasteiger partial charge is 0.258 e. The van der Waals surface area contributed by atoms with Crippen molar-refractivity contribution in [2.45, 2.75) is 19.9 Å². The zero-order valence-electron chi connectivity index (χ0n) is 12.5. The van der Waals surface area contributed by atoms with Crippen molar-refractivity contribution in [2.24, 2.45) is 0 Å². The molecule has 1 amide bonds. The molecule has 1 rings (SSSR count). The molecular weight excluding hydrogens is 272 g/mol. The number of carbonyl (C=O) groups is 1. The number of nitrogens with one attached hydrogen (secondary N) is 1. The molecule has 1 aromatic rings. The fourth-order valence-electron chi connectivity index (χ4n) is 1.72. The zero-order valence-corrected chi connectivity index (χ0v) is 12.5. The summed E-state index contributed by atoms with van der Waals surface area (Å²) in [5.41, 5.74) is 0.476. The minimum absolute atomic E-state index is 0.0848. The molecule has 0 aliphatic rings. The molecule has 0 aliphatic carbocycles. The van der Waals surface area contributed by atoms with E-state index in [-0.39, 0.29) is 18.6 Å². The van der Waals surface area contributed by atoms with Gasteiger partial charge in [-0.3, -0.25) is 4.79 Å². The van der Waals surface area contributed by atoms with Crippen molar-refractivity contribution in [3.63, 3.8) is 0 Å². The fraction of sp³-hybridized carbons (Fsp3) is 0.467. The van der Waals surface area contributed by atoms with Gasteiger partial charge in [0.05, 0.1) is 24.8 Å². The van der Waals surface area contributed by atoms with Crippen molar-refractivity contribution < 1.29 is 19.0 Å². The van der Waals surface area contributed by atoms with E-state index in [1.807, 2.05) is 19.9 Å². The maximum absolute atomic E-state index is 11.7. The highest BCUT2D eigenvalue weighted by molar-refractivity contribution is 5.77. The van der Waals surface area contributed by atoms with Crippen LogP contribution in [0.1, 0.15) is 19.4 Å². The van der Waals surface area contributed by atoms with E-state index >= 15 is 0 Å². The molecule has 0 heterocycles. The molecule has 1 atom stereocenters. The van der Waals surface area contributed by atoms with Crippen LogP contribution in [0.25, 0.3) is 0 Å². The van der Waals surface area contributed by atoms with Crippen LogP contribution >= 0.6 is 0 Å². The third-order valence-corrected chi connectivity index (χ3v) is 2.56. The Morgan fingerprint density at radius 1 is 1.38 bits per heavy atom. The molecular formula is C15H20N2O4. The van der Waals surface area contributed by atoms with E-state index < -0.39 is 0 Å². The van der Waals surface area contributed by atoms with Gasteiger partial charge in [-0.2, -0.15) is 5.26 Å². The topological polar surface area (TPSA) is 80.6 Å². The fourth-order valence-corrected chi connectivity index (χ4v) is 1.72. The first-order chi connectivity index (χ1) is 10.1. The number of methoxy groups -OCH3 is 1. The van der Waals surface area contributed by atoms with Crippen LogP contribution < -0.4 is 14.8 Å². The summed E-state index contributed by atoms with van der Waals surface area (Å²) in [6, 6.07) is 6.77. The summed E-state index contributed by atoms with van der Waals surface area (Å²) in [4.78, 5) is 11.7. The molecule has 1 aromatic carbocycles. The lowest BCUT2D eigenvalue weighted by Crippen LogP contribution is -2.38. The minimum Gasteiger partial charge on any atom is -0.490 e. The molecule has 0 spiro atoms. The van der Waals surface area contributed by atoms with Crippen LogP contribution in [0, 0.1) is 11.3 Å². The van der Waals surface area contributed by atoms with E-state index in [1.165, 1.54) is 0 Å². The first kappa shape index (κ1) is 16.8. The van der Waals surface area contributed by atoms with Crippen LogP contribution in [0.2, 0.25) is 0 Å². The maximum atomic E-state index is 11.7. The van der Waals surface area contributed by atoms with Crippen LogP contribution in [-0.2, 0) is 9.53 Å². The number of carbonyl (C=O) groups excluding carboxylic acids is 1. The summed E-state index contributed by atoms with van der Waals surface area (Å²) >= 11 is 0. The number of rotatable bonds is 8. The molecule has 0 radical (unpaired) electrons. The van der Waals surface area contributed by atoms with Gasteiger partial charge in [-0.25, -0.2) is 0 Å². The van der Waals surface area contributed by atoms with Gasteiger partial charge in [-0.1, -0.05) is 0 Å². The van der Waals surface area contributed by atoms with Gasteiger partial charge in [-0.05, 0) is 26.0 Å². The van der Waals surface area contributed by atoms with E-state index in [1.54, 1.807) is 25.3 Å². The number of hydrogen-bond donors (Lipinski definition) is 1. The third kappa shape index (κ3) is 5.71. The molecule has 0 saturated carbocycles.